The fourth-order valence-electron chi connectivity index (χ4n) is 4.98. The van der Waals surface area contributed by atoms with Crippen LogP contribution in [0.15, 0.2) is 33.2 Å². The predicted molar refractivity (Wildman–Crippen MR) is 155 cm³/mol. The summed E-state index contributed by atoms with van der Waals surface area (Å²) in [5, 5.41) is 11.0. The van der Waals surface area contributed by atoms with Crippen molar-refractivity contribution in [2.24, 2.45) is 7.05 Å². The van der Waals surface area contributed by atoms with Crippen molar-refractivity contribution in [2.75, 3.05) is 27.1 Å². The van der Waals surface area contributed by atoms with E-state index in [9.17, 15) is 14.9 Å². The van der Waals surface area contributed by atoms with Crippen LogP contribution in [0.3, 0.4) is 0 Å². The minimum atomic E-state index is -0.447. The van der Waals surface area contributed by atoms with Gasteiger partial charge in [0.25, 0.3) is 11.1 Å². The third kappa shape index (κ3) is 4.95. The van der Waals surface area contributed by atoms with Crippen LogP contribution in [-0.4, -0.2) is 46.2 Å². The number of methoxy groups -OCH3 is 3. The van der Waals surface area contributed by atoms with Crippen molar-refractivity contribution in [2.45, 2.75) is 43.8 Å². The zero-order valence-electron chi connectivity index (χ0n) is 22.8. The molecule has 3 aromatic heterocycles. The number of hydrogen-bond donors (Lipinski definition) is 0. The molecule has 1 aromatic carbocycles. The molecule has 0 saturated carbocycles. The van der Waals surface area contributed by atoms with Crippen molar-refractivity contribution in [3.05, 3.63) is 55.2 Å². The maximum Gasteiger partial charge on any atom is 0.272 e. The van der Waals surface area contributed by atoms with Gasteiger partial charge in [0.1, 0.15) is 16.5 Å². The average Bonchev–Trinajstić information content (AvgIpc) is 3.36. The smallest absolute Gasteiger partial charge is 0.272 e. The topological polar surface area (TPSA) is 121 Å². The number of aromatic nitrogens is 4. The number of thioether (sulfide) groups is 1. The molecule has 12 heteroatoms. The highest BCUT2D eigenvalue weighted by Gasteiger charge is 2.22. The van der Waals surface area contributed by atoms with Crippen LogP contribution in [0, 0.1) is 11.3 Å². The van der Waals surface area contributed by atoms with Gasteiger partial charge in [0, 0.05) is 29.8 Å². The first kappa shape index (κ1) is 27.7. The van der Waals surface area contributed by atoms with E-state index >= 15 is 0 Å². The van der Waals surface area contributed by atoms with Gasteiger partial charge >= 0.3 is 0 Å². The minimum Gasteiger partial charge on any atom is -0.493 e. The summed E-state index contributed by atoms with van der Waals surface area (Å²) in [6.07, 6.45) is 6.55. The third-order valence-electron chi connectivity index (χ3n) is 7.02. The number of fused-ring (bicyclic) bond motifs is 3. The molecule has 10 nitrogen and oxygen atoms in total. The minimum absolute atomic E-state index is 0.0167. The molecule has 0 saturated heterocycles. The highest BCUT2D eigenvalue weighted by Crippen LogP contribution is 2.41. The number of nitrogens with zero attached hydrogens (tertiary/aromatic N) is 5. The van der Waals surface area contributed by atoms with Gasteiger partial charge in [-0.15, -0.1) is 11.3 Å². The molecule has 0 amide bonds. The van der Waals surface area contributed by atoms with E-state index in [2.05, 4.69) is 4.98 Å². The summed E-state index contributed by atoms with van der Waals surface area (Å²) >= 11 is 3.04. The summed E-state index contributed by atoms with van der Waals surface area (Å²) in [5.41, 5.74) is 1.41. The van der Waals surface area contributed by atoms with Crippen molar-refractivity contribution in [1.29, 1.82) is 5.26 Å². The summed E-state index contributed by atoms with van der Waals surface area (Å²) in [6, 6.07) is 5.33. The fourth-order valence-corrected chi connectivity index (χ4v) is 7.09. The fraction of sp³-hybridized carbons (Fsp3) is 0.393. The van der Waals surface area contributed by atoms with Crippen molar-refractivity contribution in [3.8, 4) is 34.6 Å². The highest BCUT2D eigenvalue weighted by atomic mass is 32.2. The first-order valence-electron chi connectivity index (χ1n) is 12.9. The van der Waals surface area contributed by atoms with Gasteiger partial charge in [0.15, 0.2) is 16.7 Å². The number of aryl methyl sites for hydroxylation is 3. The number of thiophene rings is 1. The number of nitriles is 1. The lowest BCUT2D eigenvalue weighted by Gasteiger charge is -2.15. The van der Waals surface area contributed by atoms with Gasteiger partial charge in [-0.1, -0.05) is 11.8 Å². The molecule has 208 valence electrons. The van der Waals surface area contributed by atoms with Crippen LogP contribution in [0.1, 0.15) is 35.3 Å². The molecule has 5 rings (SSSR count). The summed E-state index contributed by atoms with van der Waals surface area (Å²) in [6.45, 7) is 0.503. The SMILES string of the molecule is COc1cc(-c2nc(SCCCn3cnc4sc5c(c4c3=O)CCCC5)n(C)c(=O)c2C#N)cc(OC)c1OC. The van der Waals surface area contributed by atoms with Crippen molar-refractivity contribution < 1.29 is 14.2 Å². The molecule has 1 aliphatic rings. The quantitative estimate of drug-likeness (QED) is 0.163. The van der Waals surface area contributed by atoms with Gasteiger partial charge in [-0.05, 0) is 49.8 Å². The van der Waals surface area contributed by atoms with Crippen LogP contribution < -0.4 is 25.3 Å². The molecule has 0 fully saturated rings. The standard InChI is InChI=1S/C28H29N5O5S2/c1-32-26(34)18(14-29)23(16-12-19(36-2)24(38-4)20(13-16)37-3)31-28(32)39-11-7-10-33-15-30-25-22(27(33)35)17-8-5-6-9-21(17)40-25/h12-13,15H,5-11H2,1-4H3. The molecule has 0 radical (unpaired) electrons. The number of benzene rings is 1. The number of ether oxygens (including phenoxy) is 3. The molecule has 0 N–H and O–H groups in total. The van der Waals surface area contributed by atoms with E-state index in [1.165, 1.54) is 54.5 Å². The van der Waals surface area contributed by atoms with Crippen molar-refractivity contribution in [1.82, 2.24) is 19.1 Å². The van der Waals surface area contributed by atoms with Gasteiger partial charge < -0.3 is 14.2 Å². The molecular weight excluding hydrogens is 550 g/mol. The monoisotopic (exact) mass is 579 g/mol. The Hall–Kier alpha value is -3.82. The van der Waals surface area contributed by atoms with Crippen molar-refractivity contribution >= 4 is 33.3 Å². The van der Waals surface area contributed by atoms with Crippen molar-refractivity contribution in [3.63, 3.8) is 0 Å². The highest BCUT2D eigenvalue weighted by molar-refractivity contribution is 7.99. The molecule has 0 atom stereocenters. The Morgan fingerprint density at radius 3 is 2.48 bits per heavy atom. The first-order valence-corrected chi connectivity index (χ1v) is 14.7. The summed E-state index contributed by atoms with van der Waals surface area (Å²) in [7, 11) is 6.09. The maximum atomic E-state index is 13.3. The Morgan fingerprint density at radius 2 is 1.80 bits per heavy atom. The van der Waals surface area contributed by atoms with Gasteiger partial charge in [-0.2, -0.15) is 5.26 Å². The van der Waals surface area contributed by atoms with Gasteiger partial charge in [0.05, 0.1) is 38.7 Å². The van der Waals surface area contributed by atoms with Gasteiger partial charge in [-0.3, -0.25) is 18.7 Å². The second-order valence-corrected chi connectivity index (χ2v) is 11.5. The Labute approximate surface area is 239 Å². The lowest BCUT2D eigenvalue weighted by atomic mass is 9.97. The van der Waals surface area contributed by atoms with E-state index < -0.39 is 5.56 Å². The zero-order valence-corrected chi connectivity index (χ0v) is 24.4. The average molecular weight is 580 g/mol. The second-order valence-electron chi connectivity index (χ2n) is 9.34. The van der Waals surface area contributed by atoms with Crippen LogP contribution >= 0.6 is 23.1 Å². The van der Waals surface area contributed by atoms with Gasteiger partial charge in [0.2, 0.25) is 5.75 Å². The van der Waals surface area contributed by atoms with Crippen LogP contribution in [0.25, 0.3) is 21.5 Å². The third-order valence-corrected chi connectivity index (χ3v) is 9.33. The predicted octanol–water partition coefficient (Wildman–Crippen LogP) is 4.18. The lowest BCUT2D eigenvalue weighted by molar-refractivity contribution is 0.324. The Morgan fingerprint density at radius 1 is 1.07 bits per heavy atom. The van der Waals surface area contributed by atoms with Crippen LogP contribution in [0.5, 0.6) is 17.2 Å². The molecule has 0 aliphatic heterocycles. The molecule has 1 aliphatic carbocycles. The summed E-state index contributed by atoms with van der Waals surface area (Å²) < 4.78 is 19.3. The van der Waals surface area contributed by atoms with E-state index in [0.717, 1.165) is 29.5 Å². The molecule has 0 spiro atoms. The Kier molecular flexibility index (Phi) is 8.14. The van der Waals surface area contributed by atoms with E-state index in [4.69, 9.17) is 19.2 Å². The molecule has 40 heavy (non-hydrogen) atoms. The molecule has 3 heterocycles. The molecular formula is C28H29N5O5S2. The van der Waals surface area contributed by atoms with Crippen LogP contribution in [0.4, 0.5) is 0 Å². The second kappa shape index (κ2) is 11.7. The first-order chi connectivity index (χ1) is 19.4. The number of hydrogen-bond acceptors (Lipinski definition) is 10. The van der Waals surface area contributed by atoms with E-state index in [0.29, 0.717) is 46.7 Å². The Bertz CT molecular complexity index is 1730. The zero-order chi connectivity index (χ0) is 28.4. The molecule has 0 unspecified atom stereocenters. The largest absolute Gasteiger partial charge is 0.493 e. The lowest BCUT2D eigenvalue weighted by Crippen LogP contribution is -2.24. The Balaban J connectivity index is 1.39. The summed E-state index contributed by atoms with van der Waals surface area (Å²) in [5.74, 6) is 1.78. The normalized spacial score (nSPS) is 12.7. The molecule has 0 bridgehead atoms. The maximum absolute atomic E-state index is 13.3. The van der Waals surface area contributed by atoms with Crippen LogP contribution in [-0.2, 0) is 26.4 Å². The van der Waals surface area contributed by atoms with Gasteiger partial charge in [-0.25, -0.2) is 9.97 Å². The van der Waals surface area contributed by atoms with E-state index in [-0.39, 0.29) is 16.8 Å². The number of rotatable bonds is 9. The molecule has 4 aromatic rings. The van der Waals surface area contributed by atoms with E-state index in [1.807, 2.05) is 6.07 Å². The van der Waals surface area contributed by atoms with E-state index in [1.54, 1.807) is 41.4 Å². The summed E-state index contributed by atoms with van der Waals surface area (Å²) in [4.78, 5) is 37.8. The van der Waals surface area contributed by atoms with Crippen LogP contribution in [0.2, 0.25) is 0 Å².